The first kappa shape index (κ1) is 58.6. The predicted molar refractivity (Wildman–Crippen MR) is 257 cm³/mol. The summed E-state index contributed by atoms with van der Waals surface area (Å²) >= 11 is 0. The zero-order valence-corrected chi connectivity index (χ0v) is 44.6. The third-order valence-electron chi connectivity index (χ3n) is 21.0. The number of aliphatic hydroxyl groups excluding tert-OH is 12. The standard InChI is InChI=1S/C53H84O23/c1-21-30(57)33(60)38(65)44(70-21)76-47(68)53-16-15-48(2,3)17-23(53)22-9-10-27-50(6)13-12-29(49(4,5)26(50)11-14-51(27,7)52(22,8)18-28(53)56)72-46-41(36(63)35(62)39(73-46)42(66)67)75-45-40(34(61)32(59)25(19-54)71-45)74-43-37(64)31(58)24(55)20-69-43/h9,21,23-41,43-46,54-65H,10-20H2,1-8H3,(H,66,67)/t21-,23-,24+,25+,26-,27+,28-,29-,30-,31-,32+,33+,34-,35-,36-,37+,38+,39-,40+,41+,43-,44-,45-,46+,50-,51+,52+,53+/m0/s1. The van der Waals surface area contributed by atoms with Gasteiger partial charge in [-0.15, -0.1) is 0 Å². The third kappa shape index (κ3) is 9.23. The fourth-order valence-electron chi connectivity index (χ4n) is 16.2. The van der Waals surface area contributed by atoms with E-state index in [0.717, 1.165) is 12.0 Å². The van der Waals surface area contributed by atoms with Crippen molar-refractivity contribution in [2.45, 2.75) is 242 Å². The number of hydrogen-bond donors (Lipinski definition) is 13. The average Bonchev–Trinajstić information content (AvgIpc) is 3.35. The first-order valence-electron chi connectivity index (χ1n) is 27.2. The Morgan fingerprint density at radius 2 is 1.28 bits per heavy atom. The van der Waals surface area contributed by atoms with Gasteiger partial charge in [-0.2, -0.15) is 0 Å². The summed E-state index contributed by atoms with van der Waals surface area (Å²) in [6.45, 7) is 15.4. The molecule has 0 unspecified atom stereocenters. The number of ether oxygens (including phenoxy) is 8. The molecule has 9 rings (SSSR count). The molecule has 4 aliphatic heterocycles. The Morgan fingerprint density at radius 3 is 1.93 bits per heavy atom. The molecule has 4 saturated heterocycles. The molecule has 23 heteroatoms. The van der Waals surface area contributed by atoms with Crippen molar-refractivity contribution in [1.82, 2.24) is 0 Å². The first-order chi connectivity index (χ1) is 35.4. The molecule has 4 heterocycles. The Morgan fingerprint density at radius 1 is 0.645 bits per heavy atom. The van der Waals surface area contributed by atoms with Gasteiger partial charge in [0.2, 0.25) is 6.29 Å². The maximum atomic E-state index is 14.8. The Labute approximate surface area is 442 Å². The number of carboxylic acids is 1. The van der Waals surface area contributed by atoms with Gasteiger partial charge in [-0.25, -0.2) is 4.79 Å². The number of carbonyl (C=O) groups excluding carboxylic acids is 1. The molecule has 5 aliphatic carbocycles. The summed E-state index contributed by atoms with van der Waals surface area (Å²) in [4.78, 5) is 27.3. The van der Waals surface area contributed by atoms with Crippen molar-refractivity contribution in [1.29, 1.82) is 0 Å². The summed E-state index contributed by atoms with van der Waals surface area (Å²) in [6, 6.07) is 0. The van der Waals surface area contributed by atoms with E-state index in [0.29, 0.717) is 44.9 Å². The van der Waals surface area contributed by atoms with E-state index in [2.05, 4.69) is 54.5 Å². The lowest BCUT2D eigenvalue weighted by molar-refractivity contribution is -0.392. The number of aliphatic carboxylic acids is 1. The SMILES string of the molecule is C[C@@H]1O[C@@H](OC(=O)[C@]23CCC(C)(C)C[C@H]2C2=CC[C@@H]4[C@@]5(C)CC[C@H](O[C@@H]6O[C@H](C(=O)O)[C@@H](O)[C@H](O)[C@H]6O[C@@H]6O[C@H](CO)[C@@H](O)[C@H](O)[C@H]6O[C@@H]6OC[C@@H](O)[C@H](O)[C@H]6O)C(C)(C)[C@@H]5CC[C@@]4(C)[C@]2(C)C[C@@H]3O)[C@H](O)[C@H](O)[C@H]1O. The zero-order valence-electron chi connectivity index (χ0n) is 44.6. The second-order valence-electron chi connectivity index (χ2n) is 25.9. The van der Waals surface area contributed by atoms with Crippen molar-refractivity contribution in [2.75, 3.05) is 13.2 Å². The van der Waals surface area contributed by atoms with Crippen molar-refractivity contribution in [3.8, 4) is 0 Å². The van der Waals surface area contributed by atoms with E-state index in [1.54, 1.807) is 0 Å². The van der Waals surface area contributed by atoms with Gasteiger partial charge in [-0.1, -0.05) is 60.1 Å². The number of rotatable bonds is 10. The van der Waals surface area contributed by atoms with E-state index in [4.69, 9.17) is 37.9 Å². The van der Waals surface area contributed by atoms with Gasteiger partial charge in [0.05, 0.1) is 31.5 Å². The van der Waals surface area contributed by atoms with Crippen LogP contribution in [0.25, 0.3) is 0 Å². The summed E-state index contributed by atoms with van der Waals surface area (Å²) in [6.07, 6.45) is -27.2. The van der Waals surface area contributed by atoms with Crippen molar-refractivity contribution in [2.24, 2.45) is 50.2 Å². The lowest BCUT2D eigenvalue weighted by Gasteiger charge is -2.71. The number of aliphatic hydroxyl groups is 12. The average molecular weight is 1090 g/mol. The lowest BCUT2D eigenvalue weighted by atomic mass is 9.33. The smallest absolute Gasteiger partial charge is 0.335 e. The monoisotopic (exact) mass is 1090 g/mol. The molecule has 76 heavy (non-hydrogen) atoms. The van der Waals surface area contributed by atoms with Crippen LogP contribution in [0.1, 0.15) is 113 Å². The molecule has 28 atom stereocenters. The largest absolute Gasteiger partial charge is 0.479 e. The first-order valence-corrected chi connectivity index (χ1v) is 27.2. The highest BCUT2D eigenvalue weighted by Crippen LogP contribution is 2.76. The Bertz CT molecular complexity index is 2160. The van der Waals surface area contributed by atoms with Crippen LogP contribution in [0.5, 0.6) is 0 Å². The summed E-state index contributed by atoms with van der Waals surface area (Å²) in [5.74, 6) is -2.72. The maximum absolute atomic E-state index is 14.8. The molecule has 0 amide bonds. The molecule has 0 radical (unpaired) electrons. The molecule has 4 saturated carbocycles. The second kappa shape index (κ2) is 20.7. The predicted octanol–water partition coefficient (Wildman–Crippen LogP) is -1.31. The van der Waals surface area contributed by atoms with Crippen LogP contribution in [0.15, 0.2) is 11.6 Å². The fraction of sp³-hybridized carbons (Fsp3) is 0.925. The quantitative estimate of drug-likeness (QED) is 0.0686. The fourth-order valence-corrected chi connectivity index (χ4v) is 16.2. The summed E-state index contributed by atoms with van der Waals surface area (Å²) < 4.78 is 47.7. The Kier molecular flexibility index (Phi) is 16.0. The summed E-state index contributed by atoms with van der Waals surface area (Å²) in [5.41, 5.74) is -2.51. The molecule has 434 valence electrons. The van der Waals surface area contributed by atoms with Gasteiger partial charge in [-0.05, 0) is 110 Å². The second-order valence-corrected chi connectivity index (χ2v) is 25.9. The lowest BCUT2D eigenvalue weighted by Crippen LogP contribution is -2.69. The van der Waals surface area contributed by atoms with Crippen molar-refractivity contribution in [3.63, 3.8) is 0 Å². The van der Waals surface area contributed by atoms with Crippen LogP contribution in [-0.2, 0) is 47.5 Å². The van der Waals surface area contributed by atoms with Gasteiger partial charge in [0.15, 0.2) is 25.0 Å². The van der Waals surface area contributed by atoms with E-state index < -0.39 is 182 Å². The Balaban J connectivity index is 0.982. The van der Waals surface area contributed by atoms with Gasteiger partial charge in [0.1, 0.15) is 84.8 Å². The van der Waals surface area contributed by atoms with E-state index in [-0.39, 0.29) is 29.1 Å². The summed E-state index contributed by atoms with van der Waals surface area (Å²) in [7, 11) is 0. The zero-order chi connectivity index (χ0) is 55.7. The third-order valence-corrected chi connectivity index (χ3v) is 21.0. The molecule has 0 aromatic carbocycles. The number of carboxylic acid groups (broad SMARTS) is 1. The van der Waals surface area contributed by atoms with Gasteiger partial charge in [-0.3, -0.25) is 4.79 Å². The van der Waals surface area contributed by atoms with Crippen LogP contribution in [0, 0.1) is 50.2 Å². The highest BCUT2D eigenvalue weighted by Gasteiger charge is 2.72. The molecular formula is C53H84O23. The van der Waals surface area contributed by atoms with Gasteiger partial charge >= 0.3 is 11.9 Å². The van der Waals surface area contributed by atoms with Gasteiger partial charge in [0, 0.05) is 0 Å². The molecule has 8 fully saturated rings. The normalized spacial score (nSPS) is 53.9. The van der Waals surface area contributed by atoms with E-state index in [1.165, 1.54) is 6.92 Å². The van der Waals surface area contributed by atoms with E-state index >= 15 is 0 Å². The molecule has 0 aromatic heterocycles. The summed E-state index contributed by atoms with van der Waals surface area (Å²) in [5, 5.41) is 141. The van der Waals surface area contributed by atoms with Gasteiger partial charge < -0.3 is 104 Å². The number of fused-ring (bicyclic) bond motifs is 7. The molecule has 0 spiro atoms. The highest BCUT2D eigenvalue weighted by atomic mass is 16.8. The van der Waals surface area contributed by atoms with E-state index in [1.807, 2.05) is 0 Å². The molecule has 23 nitrogen and oxygen atoms in total. The minimum absolute atomic E-state index is 0.0318. The van der Waals surface area contributed by atoms with E-state index in [9.17, 15) is 76.0 Å². The number of carbonyl (C=O) groups is 2. The molecule has 0 aromatic rings. The van der Waals surface area contributed by atoms with Crippen molar-refractivity contribution < 1.29 is 114 Å². The molecular weight excluding hydrogens is 1000 g/mol. The Hall–Kier alpha value is -2.08. The van der Waals surface area contributed by atoms with Crippen LogP contribution in [-0.4, -0.2) is 220 Å². The molecule has 13 N–H and O–H groups in total. The highest BCUT2D eigenvalue weighted by molar-refractivity contribution is 5.80. The molecule has 9 aliphatic rings. The topological polar surface area (TPSA) is 371 Å². The molecule has 0 bridgehead atoms. The number of allylic oxidation sites excluding steroid dienone is 2. The van der Waals surface area contributed by atoms with Crippen LogP contribution < -0.4 is 0 Å². The van der Waals surface area contributed by atoms with Crippen LogP contribution in [0.3, 0.4) is 0 Å². The van der Waals surface area contributed by atoms with Crippen LogP contribution >= 0.6 is 0 Å². The number of hydrogen-bond acceptors (Lipinski definition) is 22. The van der Waals surface area contributed by atoms with Crippen LogP contribution in [0.4, 0.5) is 0 Å². The van der Waals surface area contributed by atoms with Crippen molar-refractivity contribution in [3.05, 3.63) is 11.6 Å². The van der Waals surface area contributed by atoms with Gasteiger partial charge in [0.25, 0.3) is 0 Å². The maximum Gasteiger partial charge on any atom is 0.335 e. The number of esters is 1. The van der Waals surface area contributed by atoms with Crippen molar-refractivity contribution >= 4 is 11.9 Å². The van der Waals surface area contributed by atoms with Crippen LogP contribution in [0.2, 0.25) is 0 Å². The minimum atomic E-state index is -2.08. The minimum Gasteiger partial charge on any atom is -0.479 e.